The quantitative estimate of drug-likeness (QED) is 0.731. The summed E-state index contributed by atoms with van der Waals surface area (Å²) in [5.74, 6) is 1.80. The summed E-state index contributed by atoms with van der Waals surface area (Å²) in [5.41, 5.74) is 2.06. The maximum atomic E-state index is 4.68. The van der Waals surface area contributed by atoms with E-state index in [9.17, 15) is 0 Å². The highest BCUT2D eigenvalue weighted by atomic mass is 15.4. The van der Waals surface area contributed by atoms with Gasteiger partial charge >= 0.3 is 0 Å². The summed E-state index contributed by atoms with van der Waals surface area (Å²) in [7, 11) is 0. The number of pyridine rings is 1. The zero-order valence-electron chi connectivity index (χ0n) is 14.0. The molecule has 3 aromatic rings. The summed E-state index contributed by atoms with van der Waals surface area (Å²) in [5, 5.41) is 12.8. The van der Waals surface area contributed by atoms with Crippen LogP contribution in [-0.2, 0) is 0 Å². The molecule has 1 saturated heterocycles. The molecule has 0 bridgehead atoms. The zero-order chi connectivity index (χ0) is 16.5. The van der Waals surface area contributed by atoms with E-state index in [1.165, 1.54) is 5.56 Å². The summed E-state index contributed by atoms with van der Waals surface area (Å²) in [6, 6.07) is 8.55. The van der Waals surface area contributed by atoms with Crippen molar-refractivity contribution in [3.05, 3.63) is 48.0 Å². The molecule has 0 aromatic carbocycles. The van der Waals surface area contributed by atoms with Crippen LogP contribution in [-0.4, -0.2) is 55.9 Å². The van der Waals surface area contributed by atoms with Crippen LogP contribution < -0.4 is 4.90 Å². The lowest BCUT2D eigenvalue weighted by Crippen LogP contribution is -2.47. The Morgan fingerprint density at radius 2 is 1.88 bits per heavy atom. The summed E-state index contributed by atoms with van der Waals surface area (Å²) in [6.45, 7) is 8.12. The van der Waals surface area contributed by atoms with Gasteiger partial charge in [-0.1, -0.05) is 6.07 Å². The van der Waals surface area contributed by atoms with Crippen molar-refractivity contribution in [3.63, 3.8) is 0 Å². The van der Waals surface area contributed by atoms with Gasteiger partial charge in [-0.05, 0) is 37.6 Å². The average Bonchev–Trinajstić information content (AvgIpc) is 3.02. The molecule has 4 rings (SSSR count). The Morgan fingerprint density at radius 1 is 1.04 bits per heavy atom. The van der Waals surface area contributed by atoms with E-state index < -0.39 is 0 Å². The molecule has 7 nitrogen and oxygen atoms in total. The maximum Gasteiger partial charge on any atom is 0.178 e. The van der Waals surface area contributed by atoms with Crippen LogP contribution in [0.1, 0.15) is 24.4 Å². The molecular weight excluding hydrogens is 302 g/mol. The number of nitrogens with zero attached hydrogens (tertiary/aromatic N) is 7. The predicted molar refractivity (Wildman–Crippen MR) is 92.0 cm³/mol. The molecule has 24 heavy (non-hydrogen) atoms. The standard InChI is InChI=1S/C17H21N7/c1-13(15-4-3-7-18-12-15)22-8-10-23(11-9-22)17-6-5-16-20-19-14(2)24(16)21-17/h3-7,12-13H,8-11H2,1-2H3. The Kier molecular flexibility index (Phi) is 3.86. The van der Waals surface area contributed by atoms with Crippen LogP contribution in [0.25, 0.3) is 5.65 Å². The van der Waals surface area contributed by atoms with E-state index in [0.717, 1.165) is 43.5 Å². The van der Waals surface area contributed by atoms with Crippen molar-refractivity contribution in [2.45, 2.75) is 19.9 Å². The van der Waals surface area contributed by atoms with E-state index in [1.54, 1.807) is 4.52 Å². The molecule has 0 spiro atoms. The topological polar surface area (TPSA) is 62.5 Å². The molecule has 7 heteroatoms. The van der Waals surface area contributed by atoms with Gasteiger partial charge in [0.2, 0.25) is 0 Å². The molecule has 0 saturated carbocycles. The molecule has 1 fully saturated rings. The van der Waals surface area contributed by atoms with Crippen LogP contribution in [0.3, 0.4) is 0 Å². The fourth-order valence-corrected chi connectivity index (χ4v) is 3.23. The highest BCUT2D eigenvalue weighted by Gasteiger charge is 2.23. The lowest BCUT2D eigenvalue weighted by atomic mass is 10.1. The van der Waals surface area contributed by atoms with Gasteiger partial charge in [0.1, 0.15) is 5.82 Å². The highest BCUT2D eigenvalue weighted by Crippen LogP contribution is 2.22. The van der Waals surface area contributed by atoms with Crippen molar-refractivity contribution < 1.29 is 0 Å². The summed E-state index contributed by atoms with van der Waals surface area (Å²) >= 11 is 0. The highest BCUT2D eigenvalue weighted by molar-refractivity contribution is 5.46. The fourth-order valence-electron chi connectivity index (χ4n) is 3.23. The number of aryl methyl sites for hydroxylation is 1. The van der Waals surface area contributed by atoms with E-state index >= 15 is 0 Å². The minimum Gasteiger partial charge on any atom is -0.353 e. The number of aromatic nitrogens is 5. The number of rotatable bonds is 3. The second-order valence-electron chi connectivity index (χ2n) is 6.19. The van der Waals surface area contributed by atoms with Crippen LogP contribution >= 0.6 is 0 Å². The lowest BCUT2D eigenvalue weighted by Gasteiger charge is -2.38. The first kappa shape index (κ1) is 15.0. The van der Waals surface area contributed by atoms with Crippen LogP contribution in [0.2, 0.25) is 0 Å². The fraction of sp³-hybridized carbons (Fsp3) is 0.412. The van der Waals surface area contributed by atoms with Crippen molar-refractivity contribution in [2.24, 2.45) is 0 Å². The molecule has 0 aliphatic carbocycles. The molecule has 1 aliphatic rings. The van der Waals surface area contributed by atoms with Crippen LogP contribution in [0.4, 0.5) is 5.82 Å². The molecule has 124 valence electrons. The van der Waals surface area contributed by atoms with Gasteiger partial charge in [0.25, 0.3) is 0 Å². The number of hydrogen-bond acceptors (Lipinski definition) is 6. The summed E-state index contributed by atoms with van der Waals surface area (Å²) in [4.78, 5) is 9.05. The minimum atomic E-state index is 0.386. The lowest BCUT2D eigenvalue weighted by molar-refractivity contribution is 0.198. The van der Waals surface area contributed by atoms with E-state index in [-0.39, 0.29) is 0 Å². The van der Waals surface area contributed by atoms with Crippen molar-refractivity contribution in [1.29, 1.82) is 0 Å². The van der Waals surface area contributed by atoms with Crippen molar-refractivity contribution in [1.82, 2.24) is 29.7 Å². The first-order valence-corrected chi connectivity index (χ1v) is 8.30. The predicted octanol–water partition coefficient (Wildman–Crippen LogP) is 1.71. The summed E-state index contributed by atoms with van der Waals surface area (Å²) < 4.78 is 1.81. The molecule has 1 unspecified atom stereocenters. The Balaban J connectivity index is 1.46. The zero-order valence-corrected chi connectivity index (χ0v) is 14.0. The van der Waals surface area contributed by atoms with Gasteiger partial charge in [-0.15, -0.1) is 15.3 Å². The van der Waals surface area contributed by atoms with Crippen molar-refractivity contribution in [2.75, 3.05) is 31.1 Å². The second kappa shape index (κ2) is 6.16. The average molecular weight is 323 g/mol. The largest absolute Gasteiger partial charge is 0.353 e. The second-order valence-corrected chi connectivity index (χ2v) is 6.19. The third-order valence-corrected chi connectivity index (χ3v) is 4.76. The smallest absolute Gasteiger partial charge is 0.178 e. The molecule has 0 N–H and O–H groups in total. The Labute approximate surface area is 140 Å². The number of fused-ring (bicyclic) bond motifs is 1. The Morgan fingerprint density at radius 3 is 2.62 bits per heavy atom. The first-order chi connectivity index (χ1) is 11.7. The van der Waals surface area contributed by atoms with Crippen LogP contribution in [0.5, 0.6) is 0 Å². The van der Waals surface area contributed by atoms with Gasteiger partial charge in [-0.2, -0.15) is 4.52 Å². The number of hydrogen-bond donors (Lipinski definition) is 0. The number of piperazine rings is 1. The molecule has 0 amide bonds. The Bertz CT molecular complexity index is 821. The normalized spacial score (nSPS) is 17.3. The van der Waals surface area contributed by atoms with Gasteiger partial charge in [-0.25, -0.2) is 0 Å². The van der Waals surface area contributed by atoms with E-state index in [2.05, 4.69) is 43.1 Å². The third-order valence-electron chi connectivity index (χ3n) is 4.76. The minimum absolute atomic E-state index is 0.386. The molecule has 3 aromatic heterocycles. The van der Waals surface area contributed by atoms with Gasteiger partial charge in [0.15, 0.2) is 11.5 Å². The maximum absolute atomic E-state index is 4.68. The number of anilines is 1. The summed E-state index contributed by atoms with van der Waals surface area (Å²) in [6.07, 6.45) is 3.78. The van der Waals surface area contributed by atoms with E-state index in [1.807, 2.05) is 37.5 Å². The van der Waals surface area contributed by atoms with Crippen LogP contribution in [0, 0.1) is 6.92 Å². The molecule has 1 atom stereocenters. The third kappa shape index (κ3) is 2.71. The molecular formula is C17H21N7. The molecule has 0 radical (unpaired) electrons. The van der Waals surface area contributed by atoms with E-state index in [4.69, 9.17) is 0 Å². The molecule has 4 heterocycles. The molecule has 1 aliphatic heterocycles. The van der Waals surface area contributed by atoms with Crippen molar-refractivity contribution >= 4 is 11.5 Å². The van der Waals surface area contributed by atoms with Gasteiger partial charge < -0.3 is 4.90 Å². The van der Waals surface area contributed by atoms with Gasteiger partial charge in [-0.3, -0.25) is 9.88 Å². The Hall–Kier alpha value is -2.54. The van der Waals surface area contributed by atoms with Gasteiger partial charge in [0.05, 0.1) is 0 Å². The van der Waals surface area contributed by atoms with Gasteiger partial charge in [0, 0.05) is 44.6 Å². The SMILES string of the molecule is Cc1nnc2ccc(N3CCN(C(C)c4cccnc4)CC3)nn12. The first-order valence-electron chi connectivity index (χ1n) is 8.30. The van der Waals surface area contributed by atoms with E-state index in [0.29, 0.717) is 6.04 Å². The monoisotopic (exact) mass is 323 g/mol. The van der Waals surface area contributed by atoms with Crippen molar-refractivity contribution in [3.8, 4) is 0 Å². The van der Waals surface area contributed by atoms with Crippen LogP contribution in [0.15, 0.2) is 36.7 Å².